The van der Waals surface area contributed by atoms with Crippen LogP contribution in [0.1, 0.15) is 28.9 Å². The van der Waals surface area contributed by atoms with Crippen molar-refractivity contribution in [3.63, 3.8) is 0 Å². The first-order valence-corrected chi connectivity index (χ1v) is 8.62. The number of esters is 1. The van der Waals surface area contributed by atoms with Crippen molar-refractivity contribution in [2.24, 2.45) is 0 Å². The van der Waals surface area contributed by atoms with Crippen LogP contribution in [-0.2, 0) is 4.74 Å². The molecule has 2 aromatic carbocycles. The van der Waals surface area contributed by atoms with E-state index in [-0.39, 0.29) is 12.0 Å². The zero-order valence-electron chi connectivity index (χ0n) is 14.9. The van der Waals surface area contributed by atoms with E-state index in [0.717, 1.165) is 24.7 Å². The molecule has 1 heterocycles. The lowest BCUT2D eigenvalue weighted by molar-refractivity contribution is 0.0600. The Morgan fingerprint density at radius 1 is 1.04 bits per heavy atom. The lowest BCUT2D eigenvalue weighted by Crippen LogP contribution is -2.47. The Labute approximate surface area is 152 Å². The molecule has 1 aliphatic heterocycles. The van der Waals surface area contributed by atoms with Crippen LogP contribution in [0.5, 0.6) is 0 Å². The van der Waals surface area contributed by atoms with Gasteiger partial charge in [-0.15, -0.1) is 0 Å². The van der Waals surface area contributed by atoms with Gasteiger partial charge in [0.2, 0.25) is 0 Å². The first kappa shape index (κ1) is 18.3. The number of methoxy groups -OCH3 is 1. The van der Waals surface area contributed by atoms with Gasteiger partial charge in [0.1, 0.15) is 11.6 Å². The van der Waals surface area contributed by atoms with Crippen LogP contribution in [0.25, 0.3) is 0 Å². The molecule has 2 aromatic rings. The summed E-state index contributed by atoms with van der Waals surface area (Å²) in [5, 5.41) is 0. The molecule has 0 N–H and O–H groups in total. The van der Waals surface area contributed by atoms with Crippen LogP contribution in [-0.4, -0.2) is 44.2 Å². The number of nitrogens with zero attached hydrogens (tertiary/aromatic N) is 2. The number of piperazine rings is 1. The Kier molecular flexibility index (Phi) is 5.52. The summed E-state index contributed by atoms with van der Waals surface area (Å²) >= 11 is 0. The molecule has 0 aromatic heterocycles. The lowest BCUT2D eigenvalue weighted by Gasteiger charge is -2.39. The minimum Gasteiger partial charge on any atom is -0.465 e. The fourth-order valence-corrected chi connectivity index (χ4v) is 3.31. The van der Waals surface area contributed by atoms with Crippen molar-refractivity contribution in [3.05, 3.63) is 65.2 Å². The Morgan fingerprint density at radius 3 is 2.27 bits per heavy atom. The van der Waals surface area contributed by atoms with Crippen molar-refractivity contribution >= 4 is 11.7 Å². The number of carbonyl (C=O) groups is 1. The quantitative estimate of drug-likeness (QED) is 0.780. The SMILES string of the molecule is COC(=O)c1ccc([C@@H](C)N2CCN(c3ccc(F)cc3F)CC2)cc1. The number of ether oxygens (including phenoxy) is 1. The number of carbonyl (C=O) groups excluding carboxylic acids is 1. The lowest BCUT2D eigenvalue weighted by atomic mass is 10.0. The second-order valence-electron chi connectivity index (χ2n) is 6.41. The maximum atomic E-state index is 14.0. The van der Waals surface area contributed by atoms with Crippen LogP contribution in [0.15, 0.2) is 42.5 Å². The minimum atomic E-state index is -0.561. The van der Waals surface area contributed by atoms with Crippen LogP contribution >= 0.6 is 0 Å². The molecule has 1 saturated heterocycles. The van der Waals surface area contributed by atoms with E-state index in [0.29, 0.717) is 24.3 Å². The molecule has 0 unspecified atom stereocenters. The Balaban J connectivity index is 1.63. The van der Waals surface area contributed by atoms with Gasteiger partial charge in [-0.2, -0.15) is 0 Å². The van der Waals surface area contributed by atoms with Gasteiger partial charge < -0.3 is 9.64 Å². The smallest absolute Gasteiger partial charge is 0.337 e. The van der Waals surface area contributed by atoms with Gasteiger partial charge in [-0.3, -0.25) is 4.90 Å². The highest BCUT2D eigenvalue weighted by molar-refractivity contribution is 5.89. The number of hydrogen-bond donors (Lipinski definition) is 0. The van der Waals surface area contributed by atoms with E-state index >= 15 is 0 Å². The van der Waals surface area contributed by atoms with E-state index in [1.165, 1.54) is 19.2 Å². The zero-order chi connectivity index (χ0) is 18.7. The molecule has 0 spiro atoms. The highest BCUT2D eigenvalue weighted by Gasteiger charge is 2.24. The molecule has 138 valence electrons. The third-order valence-electron chi connectivity index (χ3n) is 4.93. The van der Waals surface area contributed by atoms with Crippen LogP contribution < -0.4 is 4.90 Å². The Hall–Kier alpha value is -2.47. The molecule has 26 heavy (non-hydrogen) atoms. The van der Waals surface area contributed by atoms with Gasteiger partial charge >= 0.3 is 5.97 Å². The topological polar surface area (TPSA) is 32.8 Å². The highest BCUT2D eigenvalue weighted by Crippen LogP contribution is 2.26. The van der Waals surface area contributed by atoms with Crippen molar-refractivity contribution in [2.75, 3.05) is 38.2 Å². The summed E-state index contributed by atoms with van der Waals surface area (Å²) in [5.41, 5.74) is 2.08. The van der Waals surface area contributed by atoms with Gasteiger partial charge in [-0.25, -0.2) is 13.6 Å². The molecule has 0 amide bonds. The molecule has 0 saturated carbocycles. The van der Waals surface area contributed by atoms with Crippen LogP contribution in [0.3, 0.4) is 0 Å². The van der Waals surface area contributed by atoms with Crippen molar-refractivity contribution < 1.29 is 18.3 Å². The third kappa shape index (κ3) is 3.85. The van der Waals surface area contributed by atoms with Crippen LogP contribution in [0.2, 0.25) is 0 Å². The van der Waals surface area contributed by atoms with Crippen LogP contribution in [0.4, 0.5) is 14.5 Å². The minimum absolute atomic E-state index is 0.182. The number of benzene rings is 2. The molecule has 4 nitrogen and oxygen atoms in total. The molecule has 1 aliphatic rings. The standard InChI is InChI=1S/C20H22F2N2O2/c1-14(15-3-5-16(6-4-15)20(25)26-2)23-9-11-24(12-10-23)19-8-7-17(21)13-18(19)22/h3-8,13-14H,9-12H2,1-2H3/t14-/m1/s1. The predicted octanol–water partition coefficient (Wildman–Crippen LogP) is 3.63. The fourth-order valence-electron chi connectivity index (χ4n) is 3.31. The van der Waals surface area contributed by atoms with E-state index in [1.807, 2.05) is 17.0 Å². The molecule has 6 heteroatoms. The summed E-state index contributed by atoms with van der Waals surface area (Å²) < 4.78 is 31.7. The summed E-state index contributed by atoms with van der Waals surface area (Å²) in [4.78, 5) is 15.8. The van der Waals surface area contributed by atoms with E-state index in [1.54, 1.807) is 12.1 Å². The number of hydrogen-bond acceptors (Lipinski definition) is 4. The van der Waals surface area contributed by atoms with E-state index < -0.39 is 11.6 Å². The molecule has 0 radical (unpaired) electrons. The van der Waals surface area contributed by atoms with Crippen molar-refractivity contribution in [2.45, 2.75) is 13.0 Å². The normalized spacial score (nSPS) is 16.4. The third-order valence-corrected chi connectivity index (χ3v) is 4.93. The Bertz CT molecular complexity index is 772. The van der Waals surface area contributed by atoms with Crippen LogP contribution in [0, 0.1) is 11.6 Å². The summed E-state index contributed by atoms with van der Waals surface area (Å²) in [7, 11) is 1.36. The summed E-state index contributed by atoms with van der Waals surface area (Å²) in [6.45, 7) is 5.01. The van der Waals surface area contributed by atoms with E-state index in [9.17, 15) is 13.6 Å². The largest absolute Gasteiger partial charge is 0.465 e. The molecular weight excluding hydrogens is 338 g/mol. The van der Waals surface area contributed by atoms with Gasteiger partial charge in [0.15, 0.2) is 0 Å². The van der Waals surface area contributed by atoms with Crippen molar-refractivity contribution in [1.82, 2.24) is 4.90 Å². The highest BCUT2D eigenvalue weighted by atomic mass is 19.1. The van der Waals surface area contributed by atoms with Gasteiger partial charge in [-0.1, -0.05) is 12.1 Å². The maximum Gasteiger partial charge on any atom is 0.337 e. The fraction of sp³-hybridized carbons (Fsp3) is 0.350. The van der Waals surface area contributed by atoms with Gasteiger partial charge in [-0.05, 0) is 36.8 Å². The predicted molar refractivity (Wildman–Crippen MR) is 96.3 cm³/mol. The number of anilines is 1. The average Bonchev–Trinajstić information content (AvgIpc) is 2.67. The summed E-state index contributed by atoms with van der Waals surface area (Å²) in [6, 6.07) is 11.3. The van der Waals surface area contributed by atoms with Gasteiger partial charge in [0.05, 0.1) is 18.4 Å². The second-order valence-corrected chi connectivity index (χ2v) is 6.41. The summed E-state index contributed by atoms with van der Waals surface area (Å²) in [5.74, 6) is -1.43. The molecule has 3 rings (SSSR count). The monoisotopic (exact) mass is 360 g/mol. The van der Waals surface area contributed by atoms with Crippen molar-refractivity contribution in [1.29, 1.82) is 0 Å². The number of halogens is 2. The Morgan fingerprint density at radius 2 is 1.69 bits per heavy atom. The summed E-state index contributed by atoms with van der Waals surface area (Å²) in [6.07, 6.45) is 0. The van der Waals surface area contributed by atoms with E-state index in [2.05, 4.69) is 11.8 Å². The molecule has 1 atom stereocenters. The number of rotatable bonds is 4. The molecule has 0 bridgehead atoms. The van der Waals surface area contributed by atoms with Crippen molar-refractivity contribution in [3.8, 4) is 0 Å². The molecule has 1 fully saturated rings. The first-order chi connectivity index (χ1) is 12.5. The maximum absolute atomic E-state index is 14.0. The van der Waals surface area contributed by atoms with Gasteiger partial charge in [0.25, 0.3) is 0 Å². The second kappa shape index (κ2) is 7.83. The first-order valence-electron chi connectivity index (χ1n) is 8.62. The zero-order valence-corrected chi connectivity index (χ0v) is 14.9. The van der Waals surface area contributed by atoms with E-state index in [4.69, 9.17) is 4.74 Å². The molecule has 0 aliphatic carbocycles. The average molecular weight is 360 g/mol. The molecular formula is C20H22F2N2O2. The van der Waals surface area contributed by atoms with Gasteiger partial charge in [0, 0.05) is 38.3 Å².